The van der Waals surface area contributed by atoms with Gasteiger partial charge in [0, 0.05) is 10.7 Å². The van der Waals surface area contributed by atoms with Gasteiger partial charge in [-0.15, -0.1) is 0 Å². The van der Waals surface area contributed by atoms with Crippen molar-refractivity contribution in [1.82, 2.24) is 4.57 Å². The molecule has 7 heteroatoms. The quantitative estimate of drug-likeness (QED) is 0.728. The molecule has 19 heavy (non-hydrogen) atoms. The number of halogens is 5. The van der Waals surface area contributed by atoms with Gasteiger partial charge in [-0.05, 0) is 40.2 Å². The van der Waals surface area contributed by atoms with E-state index in [0.29, 0.717) is 4.47 Å². The first kappa shape index (κ1) is 14.0. The molecule has 1 heterocycles. The fraction of sp³-hybridized carbons (Fsp3) is 0.0833. The highest BCUT2D eigenvalue weighted by Gasteiger charge is 2.31. The van der Waals surface area contributed by atoms with Gasteiger partial charge >= 0.3 is 6.18 Å². The zero-order chi connectivity index (χ0) is 14.2. The predicted octanol–water partition coefficient (Wildman–Crippen LogP) is 4.78. The first-order valence-electron chi connectivity index (χ1n) is 4.98. The number of hydrogen-bond acceptors (Lipinski definition) is 1. The van der Waals surface area contributed by atoms with E-state index in [1.165, 1.54) is 16.8 Å². The summed E-state index contributed by atoms with van der Waals surface area (Å²) >= 11 is 9.07. The molecule has 98 valence electrons. The van der Waals surface area contributed by atoms with Gasteiger partial charge in [0.25, 0.3) is 0 Å². The highest BCUT2D eigenvalue weighted by Crippen LogP contribution is 2.34. The molecule has 0 spiro atoms. The van der Waals surface area contributed by atoms with E-state index in [0.717, 1.165) is 18.2 Å². The maximum Gasteiger partial charge on any atom is 0.416 e. The standard InChI is InChI=1S/C12H5BrClF3N2/c13-8-4-9(5-18)19(6-8)11-3-7(12(15,16)17)1-2-10(11)14/h1-4,6H. The van der Waals surface area contributed by atoms with Crippen molar-refractivity contribution < 1.29 is 13.2 Å². The SMILES string of the molecule is N#Cc1cc(Br)cn1-c1cc(C(F)(F)F)ccc1Cl. The molecule has 1 aromatic carbocycles. The van der Waals surface area contributed by atoms with E-state index >= 15 is 0 Å². The van der Waals surface area contributed by atoms with Crippen molar-refractivity contribution in [3.8, 4) is 11.8 Å². The van der Waals surface area contributed by atoms with Crippen LogP contribution in [0.1, 0.15) is 11.3 Å². The van der Waals surface area contributed by atoms with Crippen molar-refractivity contribution in [3.63, 3.8) is 0 Å². The molecule has 0 aliphatic rings. The topological polar surface area (TPSA) is 28.7 Å². The Morgan fingerprint density at radius 2 is 1.95 bits per heavy atom. The molecule has 0 aliphatic carbocycles. The molecule has 2 aromatic rings. The molecule has 0 saturated carbocycles. The van der Waals surface area contributed by atoms with Crippen LogP contribution in [0.3, 0.4) is 0 Å². The Kier molecular flexibility index (Phi) is 3.61. The second kappa shape index (κ2) is 4.91. The number of rotatable bonds is 1. The van der Waals surface area contributed by atoms with Gasteiger partial charge in [-0.25, -0.2) is 0 Å². The third kappa shape index (κ3) is 2.77. The Balaban J connectivity index is 2.65. The summed E-state index contributed by atoms with van der Waals surface area (Å²) in [6.07, 6.45) is -2.98. The monoisotopic (exact) mass is 348 g/mol. The van der Waals surface area contributed by atoms with E-state index in [1.54, 1.807) is 0 Å². The van der Waals surface area contributed by atoms with Crippen LogP contribution < -0.4 is 0 Å². The maximum absolute atomic E-state index is 12.7. The summed E-state index contributed by atoms with van der Waals surface area (Å²) in [7, 11) is 0. The van der Waals surface area contributed by atoms with Crippen molar-refractivity contribution in [2.45, 2.75) is 6.18 Å². The smallest absolute Gasteiger partial charge is 0.306 e. The van der Waals surface area contributed by atoms with E-state index < -0.39 is 11.7 Å². The molecule has 0 N–H and O–H groups in total. The Morgan fingerprint density at radius 1 is 1.26 bits per heavy atom. The van der Waals surface area contributed by atoms with E-state index in [-0.39, 0.29) is 16.4 Å². The fourth-order valence-corrected chi connectivity index (χ4v) is 2.22. The average Bonchev–Trinajstić information content (AvgIpc) is 2.69. The van der Waals surface area contributed by atoms with Gasteiger partial charge < -0.3 is 4.57 Å². The van der Waals surface area contributed by atoms with Crippen LogP contribution in [0.5, 0.6) is 0 Å². The lowest BCUT2D eigenvalue weighted by Crippen LogP contribution is -2.06. The zero-order valence-electron chi connectivity index (χ0n) is 9.17. The van der Waals surface area contributed by atoms with E-state index in [9.17, 15) is 13.2 Å². The van der Waals surface area contributed by atoms with E-state index in [4.69, 9.17) is 16.9 Å². The molecule has 1 aromatic heterocycles. The van der Waals surface area contributed by atoms with Crippen LogP contribution in [0.25, 0.3) is 5.69 Å². The minimum absolute atomic E-state index is 0.110. The normalized spacial score (nSPS) is 11.4. The molecule has 0 bridgehead atoms. The highest BCUT2D eigenvalue weighted by molar-refractivity contribution is 9.10. The number of nitrogens with zero attached hydrogens (tertiary/aromatic N) is 2. The lowest BCUT2D eigenvalue weighted by Gasteiger charge is -2.12. The first-order valence-corrected chi connectivity index (χ1v) is 6.15. The van der Waals surface area contributed by atoms with Gasteiger partial charge in [-0.3, -0.25) is 0 Å². The van der Waals surface area contributed by atoms with Gasteiger partial charge in [0.2, 0.25) is 0 Å². The number of nitriles is 1. The second-order valence-corrected chi connectivity index (χ2v) is 5.01. The summed E-state index contributed by atoms with van der Waals surface area (Å²) in [5.41, 5.74) is -0.521. The lowest BCUT2D eigenvalue weighted by atomic mass is 10.2. The molecule has 2 nitrogen and oxygen atoms in total. The number of alkyl halides is 3. The number of hydrogen-bond donors (Lipinski definition) is 0. The minimum atomic E-state index is -4.46. The fourth-order valence-electron chi connectivity index (χ4n) is 1.59. The predicted molar refractivity (Wildman–Crippen MR) is 68.2 cm³/mol. The summed E-state index contributed by atoms with van der Waals surface area (Å²) in [5.74, 6) is 0. The molecule has 0 aliphatic heterocycles. The van der Waals surface area contributed by atoms with Crippen LogP contribution in [0.4, 0.5) is 13.2 Å². The van der Waals surface area contributed by atoms with Crippen LogP contribution in [-0.4, -0.2) is 4.57 Å². The molecule has 0 atom stereocenters. The highest BCUT2D eigenvalue weighted by atomic mass is 79.9. The Morgan fingerprint density at radius 3 is 2.53 bits per heavy atom. The molecule has 0 fully saturated rings. The first-order chi connectivity index (χ1) is 8.82. The van der Waals surface area contributed by atoms with Crippen molar-refractivity contribution in [3.05, 3.63) is 51.2 Å². The lowest BCUT2D eigenvalue weighted by molar-refractivity contribution is -0.137. The third-order valence-electron chi connectivity index (χ3n) is 2.43. The summed E-state index contributed by atoms with van der Waals surface area (Å²) in [6, 6.07) is 6.36. The number of aromatic nitrogens is 1. The molecular formula is C12H5BrClF3N2. The summed E-state index contributed by atoms with van der Waals surface area (Å²) in [5, 5.41) is 9.09. The Hall–Kier alpha value is -1.45. The van der Waals surface area contributed by atoms with E-state index in [2.05, 4.69) is 15.9 Å². The van der Waals surface area contributed by atoms with Crippen LogP contribution in [0.15, 0.2) is 34.9 Å². The van der Waals surface area contributed by atoms with Crippen LogP contribution in [0.2, 0.25) is 5.02 Å². The van der Waals surface area contributed by atoms with Gasteiger partial charge in [0.15, 0.2) is 0 Å². The summed E-state index contributed by atoms with van der Waals surface area (Å²) in [6.45, 7) is 0. The molecule has 0 amide bonds. The Labute approximate surface area is 120 Å². The van der Waals surface area contributed by atoms with Crippen molar-refractivity contribution in [2.75, 3.05) is 0 Å². The molecule has 0 radical (unpaired) electrons. The van der Waals surface area contributed by atoms with Gasteiger partial charge in [0.1, 0.15) is 11.8 Å². The van der Waals surface area contributed by atoms with Crippen LogP contribution >= 0.6 is 27.5 Å². The molecule has 0 saturated heterocycles. The minimum Gasteiger partial charge on any atom is -0.306 e. The van der Waals surface area contributed by atoms with Crippen LogP contribution in [-0.2, 0) is 6.18 Å². The van der Waals surface area contributed by atoms with E-state index in [1.807, 2.05) is 6.07 Å². The zero-order valence-corrected chi connectivity index (χ0v) is 11.5. The Bertz CT molecular complexity index is 671. The largest absolute Gasteiger partial charge is 0.416 e. The molecular weight excluding hydrogens is 344 g/mol. The average molecular weight is 350 g/mol. The van der Waals surface area contributed by atoms with Gasteiger partial charge in [0.05, 0.1) is 16.3 Å². The van der Waals surface area contributed by atoms with Gasteiger partial charge in [-0.1, -0.05) is 11.6 Å². The summed E-state index contributed by atoms with van der Waals surface area (Å²) < 4.78 is 39.9. The second-order valence-electron chi connectivity index (χ2n) is 3.69. The van der Waals surface area contributed by atoms with Gasteiger partial charge in [-0.2, -0.15) is 18.4 Å². The summed E-state index contributed by atoms with van der Waals surface area (Å²) in [4.78, 5) is 0. The maximum atomic E-state index is 12.7. The van der Waals surface area contributed by atoms with Crippen molar-refractivity contribution in [2.24, 2.45) is 0 Å². The molecule has 2 rings (SSSR count). The molecule has 0 unspecified atom stereocenters. The van der Waals surface area contributed by atoms with Crippen molar-refractivity contribution in [1.29, 1.82) is 5.26 Å². The van der Waals surface area contributed by atoms with Crippen molar-refractivity contribution >= 4 is 27.5 Å². The van der Waals surface area contributed by atoms with Crippen LogP contribution in [0, 0.1) is 11.3 Å². The third-order valence-corrected chi connectivity index (χ3v) is 3.19. The number of benzene rings is 1.